The summed E-state index contributed by atoms with van der Waals surface area (Å²) in [6.45, 7) is 7.68. The molecule has 0 radical (unpaired) electrons. The van der Waals surface area contributed by atoms with E-state index in [2.05, 4.69) is 11.8 Å². The summed E-state index contributed by atoms with van der Waals surface area (Å²) in [5, 5.41) is 9.99. The number of ether oxygens (including phenoxy) is 1. The highest BCUT2D eigenvalue weighted by molar-refractivity contribution is 5.29. The Labute approximate surface area is 116 Å². The number of hydrogen-bond acceptors (Lipinski definition) is 4. The molecule has 4 nitrogen and oxygen atoms in total. The first kappa shape index (κ1) is 16.0. The van der Waals surface area contributed by atoms with Crippen molar-refractivity contribution in [1.82, 2.24) is 4.90 Å². The van der Waals surface area contributed by atoms with Crippen LogP contribution >= 0.6 is 0 Å². The summed E-state index contributed by atoms with van der Waals surface area (Å²) in [4.78, 5) is 2.20. The van der Waals surface area contributed by atoms with E-state index >= 15 is 0 Å². The van der Waals surface area contributed by atoms with Crippen LogP contribution in [0.3, 0.4) is 0 Å². The first-order valence-corrected chi connectivity index (χ1v) is 6.71. The second-order valence-corrected chi connectivity index (χ2v) is 5.40. The van der Waals surface area contributed by atoms with Gasteiger partial charge < -0.3 is 15.6 Å². The smallest absolute Gasteiger partial charge is 0.118 e. The van der Waals surface area contributed by atoms with Gasteiger partial charge in [-0.3, -0.25) is 4.90 Å². The van der Waals surface area contributed by atoms with Gasteiger partial charge in [-0.2, -0.15) is 0 Å². The van der Waals surface area contributed by atoms with Crippen LogP contribution in [0, 0.1) is 0 Å². The summed E-state index contributed by atoms with van der Waals surface area (Å²) < 4.78 is 5.17. The lowest BCUT2D eigenvalue weighted by Gasteiger charge is -2.34. The molecule has 0 aromatic heterocycles. The monoisotopic (exact) mass is 266 g/mol. The van der Waals surface area contributed by atoms with E-state index in [0.717, 1.165) is 17.9 Å². The van der Waals surface area contributed by atoms with Gasteiger partial charge in [-0.05, 0) is 38.1 Å². The molecule has 3 N–H and O–H groups in total. The molecule has 19 heavy (non-hydrogen) atoms. The van der Waals surface area contributed by atoms with Crippen molar-refractivity contribution >= 4 is 0 Å². The molecule has 0 aliphatic carbocycles. The van der Waals surface area contributed by atoms with Gasteiger partial charge >= 0.3 is 0 Å². The zero-order valence-corrected chi connectivity index (χ0v) is 12.4. The number of rotatable bonds is 7. The zero-order chi connectivity index (χ0) is 14.5. The van der Waals surface area contributed by atoms with Crippen LogP contribution in [0.25, 0.3) is 0 Å². The fourth-order valence-corrected chi connectivity index (χ4v) is 2.26. The van der Waals surface area contributed by atoms with Gasteiger partial charge in [0.05, 0.1) is 12.7 Å². The summed E-state index contributed by atoms with van der Waals surface area (Å²) in [5.41, 5.74) is 6.34. The van der Waals surface area contributed by atoms with Crippen molar-refractivity contribution in [1.29, 1.82) is 0 Å². The van der Waals surface area contributed by atoms with Gasteiger partial charge in [0.2, 0.25) is 0 Å². The van der Waals surface area contributed by atoms with Gasteiger partial charge in [0.1, 0.15) is 5.75 Å². The van der Waals surface area contributed by atoms with Crippen LogP contribution < -0.4 is 10.5 Å². The van der Waals surface area contributed by atoms with Crippen molar-refractivity contribution < 1.29 is 9.84 Å². The van der Waals surface area contributed by atoms with Crippen LogP contribution in [0.2, 0.25) is 0 Å². The van der Waals surface area contributed by atoms with E-state index in [9.17, 15) is 5.11 Å². The van der Waals surface area contributed by atoms with Crippen LogP contribution in [0.4, 0.5) is 0 Å². The second kappa shape index (κ2) is 6.89. The largest absolute Gasteiger partial charge is 0.497 e. The maximum absolute atomic E-state index is 9.99. The quantitative estimate of drug-likeness (QED) is 0.790. The van der Waals surface area contributed by atoms with Crippen LogP contribution in [0.15, 0.2) is 24.3 Å². The second-order valence-electron chi connectivity index (χ2n) is 5.40. The van der Waals surface area contributed by atoms with E-state index in [-0.39, 0.29) is 6.04 Å². The molecule has 0 aliphatic rings. The molecule has 0 fully saturated rings. The molecule has 0 heterocycles. The summed E-state index contributed by atoms with van der Waals surface area (Å²) in [6, 6.07) is 8.06. The van der Waals surface area contributed by atoms with Gasteiger partial charge in [0.25, 0.3) is 0 Å². The Morgan fingerprint density at radius 2 is 1.89 bits per heavy atom. The number of hydrogen-bond donors (Lipinski definition) is 2. The fourth-order valence-electron chi connectivity index (χ4n) is 2.26. The first-order chi connectivity index (χ1) is 8.91. The van der Waals surface area contributed by atoms with E-state index < -0.39 is 5.60 Å². The Morgan fingerprint density at radius 3 is 2.26 bits per heavy atom. The standard InChI is InChI=1S/C15H26N2O2/c1-5-17(11-15(2,3)18)14(10-16)12-6-8-13(19-4)9-7-12/h6-9,14,18H,5,10-11,16H2,1-4H3. The normalized spacial score (nSPS) is 13.6. The molecular formula is C15H26N2O2. The van der Waals surface area contributed by atoms with E-state index in [1.165, 1.54) is 0 Å². The van der Waals surface area contributed by atoms with Crippen LogP contribution in [0.1, 0.15) is 32.4 Å². The number of nitrogens with zero attached hydrogens (tertiary/aromatic N) is 1. The summed E-state index contributed by atoms with van der Waals surface area (Å²) in [5.74, 6) is 0.838. The summed E-state index contributed by atoms with van der Waals surface area (Å²) >= 11 is 0. The third-order valence-electron chi connectivity index (χ3n) is 3.16. The van der Waals surface area contributed by atoms with Gasteiger partial charge in [-0.25, -0.2) is 0 Å². The Kier molecular flexibility index (Phi) is 5.79. The minimum absolute atomic E-state index is 0.113. The zero-order valence-electron chi connectivity index (χ0n) is 12.4. The molecule has 1 rings (SSSR count). The number of aliphatic hydroxyl groups is 1. The summed E-state index contributed by atoms with van der Waals surface area (Å²) in [6.07, 6.45) is 0. The van der Waals surface area contributed by atoms with Crippen molar-refractivity contribution in [3.8, 4) is 5.75 Å². The van der Waals surface area contributed by atoms with Crippen LogP contribution in [0.5, 0.6) is 5.75 Å². The molecule has 1 aromatic rings. The fraction of sp³-hybridized carbons (Fsp3) is 0.600. The molecule has 4 heteroatoms. The molecule has 0 amide bonds. The molecule has 0 saturated heterocycles. The van der Waals surface area contributed by atoms with Crippen molar-refractivity contribution in [2.45, 2.75) is 32.4 Å². The topological polar surface area (TPSA) is 58.7 Å². The Hall–Kier alpha value is -1.10. The lowest BCUT2D eigenvalue weighted by Crippen LogP contribution is -2.42. The van der Waals surface area contributed by atoms with Gasteiger partial charge in [-0.15, -0.1) is 0 Å². The lowest BCUT2D eigenvalue weighted by atomic mass is 10.0. The molecule has 1 unspecified atom stereocenters. The van der Waals surface area contributed by atoms with Crippen molar-refractivity contribution in [3.05, 3.63) is 29.8 Å². The number of nitrogens with two attached hydrogens (primary N) is 1. The molecule has 0 saturated carbocycles. The Bertz CT molecular complexity index is 371. The van der Waals surface area contributed by atoms with Crippen molar-refractivity contribution in [2.24, 2.45) is 5.73 Å². The maximum Gasteiger partial charge on any atom is 0.118 e. The summed E-state index contributed by atoms with van der Waals surface area (Å²) in [7, 11) is 1.65. The van der Waals surface area contributed by atoms with E-state index in [0.29, 0.717) is 13.1 Å². The van der Waals surface area contributed by atoms with Gasteiger partial charge in [-0.1, -0.05) is 19.1 Å². The minimum Gasteiger partial charge on any atom is -0.497 e. The predicted molar refractivity (Wildman–Crippen MR) is 78.3 cm³/mol. The highest BCUT2D eigenvalue weighted by Gasteiger charge is 2.24. The minimum atomic E-state index is -0.726. The van der Waals surface area contributed by atoms with Crippen LogP contribution in [-0.4, -0.2) is 42.4 Å². The number of methoxy groups -OCH3 is 1. The van der Waals surface area contributed by atoms with Crippen molar-refractivity contribution in [3.63, 3.8) is 0 Å². The molecular weight excluding hydrogens is 240 g/mol. The molecule has 0 aliphatic heterocycles. The van der Waals surface area contributed by atoms with E-state index in [4.69, 9.17) is 10.5 Å². The van der Waals surface area contributed by atoms with Gasteiger partial charge in [0, 0.05) is 19.1 Å². The van der Waals surface area contributed by atoms with Crippen LogP contribution in [-0.2, 0) is 0 Å². The maximum atomic E-state index is 9.99. The highest BCUT2D eigenvalue weighted by atomic mass is 16.5. The average molecular weight is 266 g/mol. The average Bonchev–Trinajstić information content (AvgIpc) is 2.37. The molecule has 1 atom stereocenters. The Morgan fingerprint density at radius 1 is 1.32 bits per heavy atom. The molecule has 0 spiro atoms. The molecule has 0 bridgehead atoms. The SMILES string of the molecule is CCN(CC(C)(C)O)C(CN)c1ccc(OC)cc1. The lowest BCUT2D eigenvalue weighted by molar-refractivity contribution is 0.0235. The van der Waals surface area contributed by atoms with Gasteiger partial charge in [0.15, 0.2) is 0 Å². The highest BCUT2D eigenvalue weighted by Crippen LogP contribution is 2.23. The number of likely N-dealkylation sites (N-methyl/N-ethyl adjacent to an activating group) is 1. The van der Waals surface area contributed by atoms with Crippen molar-refractivity contribution in [2.75, 3.05) is 26.7 Å². The first-order valence-electron chi connectivity index (χ1n) is 6.71. The molecule has 1 aromatic carbocycles. The Balaban J connectivity index is 2.89. The molecule has 108 valence electrons. The third-order valence-corrected chi connectivity index (χ3v) is 3.16. The predicted octanol–water partition coefficient (Wildman–Crippen LogP) is 1.79. The van der Waals surface area contributed by atoms with E-state index in [1.54, 1.807) is 7.11 Å². The number of benzene rings is 1. The van der Waals surface area contributed by atoms with E-state index in [1.807, 2.05) is 38.1 Å². The third kappa shape index (κ3) is 4.82.